The molecule has 2 aliphatic carbocycles. The number of carbonyl (C=O) groups is 3. The summed E-state index contributed by atoms with van der Waals surface area (Å²) >= 11 is 0. The third-order valence-electron chi connectivity index (χ3n) is 5.93. The Hall–Kier alpha value is -3.29. The average Bonchev–Trinajstić information content (AvgIpc) is 3.57. The molecule has 1 saturated carbocycles. The first-order valence-electron chi connectivity index (χ1n) is 10.9. The SMILES string of the molecule is N/C(=C\C=C(/N)NC(=O)CCN1CCCC2=C1C(=O)N(C1CC1)C2=O)C1=CCCC=C1. The molecule has 2 aliphatic heterocycles. The monoisotopic (exact) mass is 423 g/mol. The minimum Gasteiger partial charge on any atom is -0.398 e. The molecule has 0 unspecified atom stereocenters. The van der Waals surface area contributed by atoms with Gasteiger partial charge in [-0.3, -0.25) is 19.3 Å². The summed E-state index contributed by atoms with van der Waals surface area (Å²) in [4.78, 5) is 41.0. The molecule has 164 valence electrons. The molecule has 31 heavy (non-hydrogen) atoms. The van der Waals surface area contributed by atoms with E-state index in [1.807, 2.05) is 11.0 Å². The first-order valence-corrected chi connectivity index (χ1v) is 10.9. The number of allylic oxidation sites excluding steroid dienone is 5. The Morgan fingerprint density at radius 3 is 2.68 bits per heavy atom. The highest BCUT2D eigenvalue weighted by molar-refractivity contribution is 6.19. The van der Waals surface area contributed by atoms with Gasteiger partial charge < -0.3 is 21.7 Å². The molecule has 8 nitrogen and oxygen atoms in total. The molecule has 4 aliphatic rings. The van der Waals surface area contributed by atoms with Gasteiger partial charge in [-0.2, -0.15) is 0 Å². The second-order valence-electron chi connectivity index (χ2n) is 8.31. The van der Waals surface area contributed by atoms with Crippen LogP contribution in [0.4, 0.5) is 0 Å². The second kappa shape index (κ2) is 8.83. The Balaban J connectivity index is 1.32. The lowest BCUT2D eigenvalue weighted by molar-refractivity contribution is -0.139. The fraction of sp³-hybridized carbons (Fsp3) is 0.435. The summed E-state index contributed by atoms with van der Waals surface area (Å²) in [5.74, 6) is -0.384. The van der Waals surface area contributed by atoms with Crippen LogP contribution in [0.1, 0.15) is 44.9 Å². The van der Waals surface area contributed by atoms with Crippen molar-refractivity contribution in [2.24, 2.45) is 11.5 Å². The van der Waals surface area contributed by atoms with Gasteiger partial charge >= 0.3 is 0 Å². The maximum absolute atomic E-state index is 12.8. The van der Waals surface area contributed by atoms with Gasteiger partial charge in [-0.15, -0.1) is 0 Å². The van der Waals surface area contributed by atoms with Crippen LogP contribution in [0.3, 0.4) is 0 Å². The van der Waals surface area contributed by atoms with Crippen LogP contribution in [0, 0.1) is 0 Å². The summed E-state index contributed by atoms with van der Waals surface area (Å²) in [6.07, 6.45) is 14.7. The minimum atomic E-state index is -0.249. The Labute approximate surface area is 182 Å². The van der Waals surface area contributed by atoms with Crippen LogP contribution in [0.5, 0.6) is 0 Å². The summed E-state index contributed by atoms with van der Waals surface area (Å²) in [5.41, 5.74) is 14.6. The van der Waals surface area contributed by atoms with Crippen molar-refractivity contribution >= 4 is 17.7 Å². The largest absolute Gasteiger partial charge is 0.398 e. The fourth-order valence-electron chi connectivity index (χ4n) is 4.18. The molecule has 0 spiro atoms. The molecule has 0 aromatic carbocycles. The molecular weight excluding hydrogens is 394 g/mol. The third-order valence-corrected chi connectivity index (χ3v) is 5.93. The van der Waals surface area contributed by atoms with Gasteiger partial charge in [0.25, 0.3) is 11.8 Å². The van der Waals surface area contributed by atoms with Crippen LogP contribution < -0.4 is 16.8 Å². The number of imide groups is 1. The number of amides is 3. The molecule has 0 bridgehead atoms. The predicted octanol–water partition coefficient (Wildman–Crippen LogP) is 1.29. The van der Waals surface area contributed by atoms with E-state index in [4.69, 9.17) is 11.5 Å². The lowest BCUT2D eigenvalue weighted by atomic mass is 10.0. The Bertz CT molecular complexity index is 952. The van der Waals surface area contributed by atoms with Crippen molar-refractivity contribution in [3.8, 4) is 0 Å². The van der Waals surface area contributed by atoms with Crippen molar-refractivity contribution in [1.82, 2.24) is 15.1 Å². The zero-order valence-corrected chi connectivity index (χ0v) is 17.6. The third kappa shape index (κ3) is 4.57. The van der Waals surface area contributed by atoms with Gasteiger partial charge in [0.05, 0.1) is 0 Å². The number of hydrogen-bond acceptors (Lipinski definition) is 6. The fourth-order valence-corrected chi connectivity index (χ4v) is 4.18. The van der Waals surface area contributed by atoms with E-state index in [-0.39, 0.29) is 36.0 Å². The van der Waals surface area contributed by atoms with Crippen LogP contribution in [0.2, 0.25) is 0 Å². The number of nitrogens with zero attached hydrogens (tertiary/aromatic N) is 2. The van der Waals surface area contributed by atoms with Gasteiger partial charge in [-0.05, 0) is 56.3 Å². The number of rotatable bonds is 7. The zero-order valence-electron chi connectivity index (χ0n) is 17.6. The summed E-state index contributed by atoms with van der Waals surface area (Å²) in [7, 11) is 0. The molecule has 0 aromatic rings. The summed E-state index contributed by atoms with van der Waals surface area (Å²) < 4.78 is 0. The van der Waals surface area contributed by atoms with Gasteiger partial charge in [0.15, 0.2) is 0 Å². The van der Waals surface area contributed by atoms with E-state index in [0.29, 0.717) is 36.5 Å². The molecule has 3 amide bonds. The van der Waals surface area contributed by atoms with Crippen molar-refractivity contribution in [3.63, 3.8) is 0 Å². The van der Waals surface area contributed by atoms with Crippen molar-refractivity contribution in [1.29, 1.82) is 0 Å². The molecule has 2 heterocycles. The highest BCUT2D eigenvalue weighted by atomic mass is 16.2. The lowest BCUT2D eigenvalue weighted by Crippen LogP contribution is -2.38. The molecule has 0 radical (unpaired) electrons. The molecule has 1 fully saturated rings. The van der Waals surface area contributed by atoms with E-state index in [1.54, 1.807) is 12.2 Å². The summed E-state index contributed by atoms with van der Waals surface area (Å²) in [6.45, 7) is 1.03. The van der Waals surface area contributed by atoms with Gasteiger partial charge in [0.1, 0.15) is 11.5 Å². The van der Waals surface area contributed by atoms with E-state index >= 15 is 0 Å². The zero-order chi connectivity index (χ0) is 22.0. The quantitative estimate of drug-likeness (QED) is 0.419. The number of carbonyl (C=O) groups excluding carboxylic acids is 3. The average molecular weight is 424 g/mol. The number of nitrogens with two attached hydrogens (primary N) is 2. The highest BCUT2D eigenvalue weighted by Crippen LogP contribution is 2.38. The smallest absolute Gasteiger partial charge is 0.277 e. The molecule has 0 atom stereocenters. The molecule has 4 rings (SSSR count). The topological polar surface area (TPSA) is 122 Å². The minimum absolute atomic E-state index is 0.0565. The molecule has 5 N–H and O–H groups in total. The standard InChI is InChI=1S/C23H29N5O3/c24-18(15-5-2-1-3-6-15)10-11-19(25)26-20(29)12-14-27-13-4-7-17-21(27)23(31)28(22(17)30)16-8-9-16/h2,5-6,10-11,16H,1,3-4,7-9,12-14,24-25H2,(H,26,29)/b18-10-,19-11+. The molecule has 0 aromatic heterocycles. The van der Waals surface area contributed by atoms with Crippen LogP contribution in [0.15, 0.2) is 58.7 Å². The van der Waals surface area contributed by atoms with E-state index in [9.17, 15) is 14.4 Å². The van der Waals surface area contributed by atoms with E-state index in [1.165, 1.54) is 4.90 Å². The van der Waals surface area contributed by atoms with Crippen molar-refractivity contribution in [2.75, 3.05) is 13.1 Å². The Morgan fingerprint density at radius 1 is 1.16 bits per heavy atom. The normalized spacial score (nSPS) is 22.1. The first-order chi connectivity index (χ1) is 15.0. The summed E-state index contributed by atoms with van der Waals surface area (Å²) in [6, 6.07) is 0.0565. The lowest BCUT2D eigenvalue weighted by Gasteiger charge is -2.28. The van der Waals surface area contributed by atoms with Gasteiger partial charge in [-0.25, -0.2) is 0 Å². The van der Waals surface area contributed by atoms with E-state index in [2.05, 4.69) is 17.5 Å². The highest BCUT2D eigenvalue weighted by Gasteiger charge is 2.48. The predicted molar refractivity (Wildman–Crippen MR) is 116 cm³/mol. The maximum Gasteiger partial charge on any atom is 0.277 e. The molecular formula is C23H29N5O3. The molecule has 8 heteroatoms. The maximum atomic E-state index is 12.8. The number of nitrogens with one attached hydrogen (secondary N) is 1. The summed E-state index contributed by atoms with van der Waals surface area (Å²) in [5, 5.41) is 2.65. The Morgan fingerprint density at radius 2 is 1.97 bits per heavy atom. The van der Waals surface area contributed by atoms with Crippen LogP contribution in [-0.4, -0.2) is 46.7 Å². The van der Waals surface area contributed by atoms with Crippen LogP contribution in [0.25, 0.3) is 0 Å². The van der Waals surface area contributed by atoms with Gasteiger partial charge in [0.2, 0.25) is 5.91 Å². The second-order valence-corrected chi connectivity index (χ2v) is 8.31. The Kier molecular flexibility index (Phi) is 5.97. The van der Waals surface area contributed by atoms with Crippen molar-refractivity contribution in [2.45, 2.75) is 51.0 Å². The first kappa shape index (κ1) is 21.0. The van der Waals surface area contributed by atoms with Crippen LogP contribution in [-0.2, 0) is 14.4 Å². The molecule has 0 saturated heterocycles. The van der Waals surface area contributed by atoms with Gasteiger partial charge in [0, 0.05) is 36.8 Å². The van der Waals surface area contributed by atoms with E-state index < -0.39 is 0 Å². The van der Waals surface area contributed by atoms with Crippen molar-refractivity contribution in [3.05, 3.63) is 58.7 Å². The van der Waals surface area contributed by atoms with Crippen LogP contribution >= 0.6 is 0 Å². The van der Waals surface area contributed by atoms with E-state index in [0.717, 1.165) is 37.7 Å². The van der Waals surface area contributed by atoms with Gasteiger partial charge in [-0.1, -0.05) is 18.2 Å². The van der Waals surface area contributed by atoms with Crippen molar-refractivity contribution < 1.29 is 14.4 Å². The number of hydrogen-bond donors (Lipinski definition) is 3.